The number of halogens is 1. The molecular weight excluding hydrogens is 181 g/mol. The molecule has 0 amide bonds. The Bertz CT molecular complexity index is 278. The molecule has 0 saturated heterocycles. The Balaban J connectivity index is 2.51. The lowest BCUT2D eigenvalue weighted by Gasteiger charge is -2.18. The van der Waals surface area contributed by atoms with Crippen LogP contribution in [0.25, 0.3) is 0 Å². The predicted molar refractivity (Wildman–Crippen MR) is 56.0 cm³/mol. The zero-order chi connectivity index (χ0) is 10.4. The van der Waals surface area contributed by atoms with Crippen molar-refractivity contribution in [1.82, 2.24) is 10.3 Å². The Morgan fingerprint density at radius 2 is 2.36 bits per heavy atom. The molecule has 14 heavy (non-hydrogen) atoms. The van der Waals surface area contributed by atoms with E-state index in [1.54, 1.807) is 17.2 Å². The zero-order valence-corrected chi connectivity index (χ0v) is 8.63. The van der Waals surface area contributed by atoms with Crippen LogP contribution in [0.15, 0.2) is 18.3 Å². The maximum Gasteiger partial charge on any atom is 0.165 e. The van der Waals surface area contributed by atoms with E-state index < -0.39 is 0 Å². The normalized spacial score (nSPS) is 10.2. The van der Waals surface area contributed by atoms with Gasteiger partial charge in [0.1, 0.15) is 0 Å². The molecular formula is C10H16FN3. The largest absolute Gasteiger partial charge is 0.356 e. The number of nitrogens with one attached hydrogen (secondary N) is 1. The van der Waals surface area contributed by atoms with E-state index in [0.717, 1.165) is 19.6 Å². The minimum atomic E-state index is -0.272. The molecule has 0 saturated carbocycles. The van der Waals surface area contributed by atoms with Crippen molar-refractivity contribution in [1.29, 1.82) is 0 Å². The summed E-state index contributed by atoms with van der Waals surface area (Å²) in [7, 11) is 1.84. The first-order valence-electron chi connectivity index (χ1n) is 4.78. The molecule has 0 aromatic carbocycles. The highest BCUT2D eigenvalue weighted by atomic mass is 19.1. The topological polar surface area (TPSA) is 28.2 Å². The van der Waals surface area contributed by atoms with Gasteiger partial charge in [-0.25, -0.2) is 9.37 Å². The molecule has 0 atom stereocenters. The van der Waals surface area contributed by atoms with Gasteiger partial charge in [-0.15, -0.1) is 0 Å². The summed E-state index contributed by atoms with van der Waals surface area (Å²) in [6.07, 6.45) is 1.60. The van der Waals surface area contributed by atoms with E-state index in [9.17, 15) is 4.39 Å². The second-order valence-electron chi connectivity index (χ2n) is 3.08. The lowest BCUT2D eigenvalue weighted by Crippen LogP contribution is -2.30. The van der Waals surface area contributed by atoms with Crippen molar-refractivity contribution in [3.05, 3.63) is 24.1 Å². The second kappa shape index (κ2) is 5.54. The number of hydrogen-bond acceptors (Lipinski definition) is 3. The molecule has 0 spiro atoms. The Morgan fingerprint density at radius 1 is 1.57 bits per heavy atom. The fourth-order valence-corrected chi connectivity index (χ4v) is 1.19. The third-order valence-corrected chi connectivity index (χ3v) is 1.97. The summed E-state index contributed by atoms with van der Waals surface area (Å²) in [4.78, 5) is 5.78. The van der Waals surface area contributed by atoms with E-state index in [1.807, 2.05) is 14.0 Å². The van der Waals surface area contributed by atoms with Crippen LogP contribution in [0.3, 0.4) is 0 Å². The van der Waals surface area contributed by atoms with E-state index >= 15 is 0 Å². The number of likely N-dealkylation sites (N-methyl/N-ethyl adjacent to an activating group) is 2. The molecule has 0 bridgehead atoms. The van der Waals surface area contributed by atoms with Crippen LogP contribution in [0, 0.1) is 5.82 Å². The number of hydrogen-bond donors (Lipinski definition) is 1. The molecule has 1 aromatic rings. The van der Waals surface area contributed by atoms with Crippen LogP contribution in [0.1, 0.15) is 6.92 Å². The maximum absolute atomic E-state index is 13.2. The molecule has 4 heteroatoms. The molecule has 1 heterocycles. The molecule has 0 aliphatic carbocycles. The van der Waals surface area contributed by atoms with Crippen LogP contribution in [-0.4, -0.2) is 31.7 Å². The summed E-state index contributed by atoms with van der Waals surface area (Å²) in [6, 6.07) is 3.02. The van der Waals surface area contributed by atoms with Crippen molar-refractivity contribution in [3.63, 3.8) is 0 Å². The van der Waals surface area contributed by atoms with Gasteiger partial charge in [-0.1, -0.05) is 6.92 Å². The van der Waals surface area contributed by atoms with Crippen LogP contribution in [-0.2, 0) is 0 Å². The second-order valence-corrected chi connectivity index (χ2v) is 3.08. The summed E-state index contributed by atoms with van der Waals surface area (Å²) in [5.41, 5.74) is 0. The molecule has 1 rings (SSSR count). The quantitative estimate of drug-likeness (QED) is 0.720. The van der Waals surface area contributed by atoms with Gasteiger partial charge < -0.3 is 10.2 Å². The van der Waals surface area contributed by atoms with Crippen LogP contribution >= 0.6 is 0 Å². The average Bonchev–Trinajstić information content (AvgIpc) is 2.18. The van der Waals surface area contributed by atoms with Gasteiger partial charge in [0.2, 0.25) is 0 Å². The van der Waals surface area contributed by atoms with Crippen LogP contribution in [0.4, 0.5) is 10.2 Å². The number of nitrogens with zero attached hydrogens (tertiary/aromatic N) is 2. The minimum Gasteiger partial charge on any atom is -0.356 e. The van der Waals surface area contributed by atoms with Crippen LogP contribution in [0.2, 0.25) is 0 Å². The van der Waals surface area contributed by atoms with E-state index in [2.05, 4.69) is 10.3 Å². The van der Waals surface area contributed by atoms with Crippen LogP contribution in [0.5, 0.6) is 0 Å². The molecule has 1 aromatic heterocycles. The zero-order valence-electron chi connectivity index (χ0n) is 8.63. The van der Waals surface area contributed by atoms with E-state index in [1.165, 1.54) is 6.07 Å². The molecule has 3 nitrogen and oxygen atoms in total. The summed E-state index contributed by atoms with van der Waals surface area (Å²) < 4.78 is 13.2. The SMILES string of the molecule is CCNCCN(C)c1ncccc1F. The van der Waals surface area contributed by atoms with Crippen molar-refractivity contribution in [2.45, 2.75) is 6.92 Å². The number of rotatable bonds is 5. The van der Waals surface area contributed by atoms with Gasteiger partial charge in [-0.2, -0.15) is 0 Å². The monoisotopic (exact) mass is 197 g/mol. The van der Waals surface area contributed by atoms with Gasteiger partial charge in [0, 0.05) is 26.3 Å². The van der Waals surface area contributed by atoms with Gasteiger partial charge in [0.05, 0.1) is 0 Å². The van der Waals surface area contributed by atoms with Gasteiger partial charge >= 0.3 is 0 Å². The van der Waals surface area contributed by atoms with E-state index in [0.29, 0.717) is 5.82 Å². The van der Waals surface area contributed by atoms with E-state index in [-0.39, 0.29) is 5.82 Å². The average molecular weight is 197 g/mol. The first-order chi connectivity index (χ1) is 6.75. The number of pyridine rings is 1. The first kappa shape index (κ1) is 10.9. The highest BCUT2D eigenvalue weighted by Gasteiger charge is 2.06. The first-order valence-corrected chi connectivity index (χ1v) is 4.78. The van der Waals surface area contributed by atoms with Crippen molar-refractivity contribution < 1.29 is 4.39 Å². The standard InChI is InChI=1S/C10H16FN3/c1-3-12-7-8-14(2)10-9(11)5-4-6-13-10/h4-6,12H,3,7-8H2,1-2H3. The maximum atomic E-state index is 13.2. The number of aromatic nitrogens is 1. The third kappa shape index (κ3) is 2.96. The van der Waals surface area contributed by atoms with Gasteiger partial charge in [-0.05, 0) is 18.7 Å². The van der Waals surface area contributed by atoms with Gasteiger partial charge in [0.15, 0.2) is 11.6 Å². The fourth-order valence-electron chi connectivity index (χ4n) is 1.19. The van der Waals surface area contributed by atoms with Crippen molar-refractivity contribution >= 4 is 5.82 Å². The summed E-state index contributed by atoms with van der Waals surface area (Å²) in [6.45, 7) is 4.56. The Labute approximate surface area is 84.0 Å². The summed E-state index contributed by atoms with van der Waals surface area (Å²) >= 11 is 0. The minimum absolute atomic E-state index is 0.272. The lowest BCUT2D eigenvalue weighted by atomic mass is 10.4. The number of anilines is 1. The molecule has 0 unspecified atom stereocenters. The highest BCUT2D eigenvalue weighted by Crippen LogP contribution is 2.12. The molecule has 0 radical (unpaired) electrons. The van der Waals surface area contributed by atoms with Crippen molar-refractivity contribution in [2.24, 2.45) is 0 Å². The van der Waals surface area contributed by atoms with Gasteiger partial charge in [0.25, 0.3) is 0 Å². The predicted octanol–water partition coefficient (Wildman–Crippen LogP) is 1.27. The molecule has 1 N–H and O–H groups in total. The van der Waals surface area contributed by atoms with E-state index in [4.69, 9.17) is 0 Å². The Hall–Kier alpha value is -1.16. The fraction of sp³-hybridized carbons (Fsp3) is 0.500. The molecule has 0 fully saturated rings. The van der Waals surface area contributed by atoms with Crippen molar-refractivity contribution in [2.75, 3.05) is 31.6 Å². The lowest BCUT2D eigenvalue weighted by molar-refractivity contribution is 0.610. The Kier molecular flexibility index (Phi) is 4.32. The Morgan fingerprint density at radius 3 is 3.00 bits per heavy atom. The van der Waals surface area contributed by atoms with Crippen LogP contribution < -0.4 is 10.2 Å². The molecule has 0 aliphatic rings. The highest BCUT2D eigenvalue weighted by molar-refractivity contribution is 5.38. The van der Waals surface area contributed by atoms with Gasteiger partial charge in [-0.3, -0.25) is 0 Å². The molecule has 78 valence electrons. The third-order valence-electron chi connectivity index (χ3n) is 1.97. The molecule has 0 aliphatic heterocycles. The van der Waals surface area contributed by atoms with Crippen molar-refractivity contribution in [3.8, 4) is 0 Å². The smallest absolute Gasteiger partial charge is 0.165 e. The summed E-state index contributed by atoms with van der Waals surface area (Å²) in [5.74, 6) is 0.136. The summed E-state index contributed by atoms with van der Waals surface area (Å²) in [5, 5.41) is 3.18.